The summed E-state index contributed by atoms with van der Waals surface area (Å²) in [4.78, 5) is 1.41. The van der Waals surface area contributed by atoms with Crippen LogP contribution in [0.2, 0.25) is 0 Å². The smallest absolute Gasteiger partial charge is 0.0214 e. The quantitative estimate of drug-likeness (QED) is 0.590. The van der Waals surface area contributed by atoms with Crippen molar-refractivity contribution < 1.29 is 0 Å². The predicted molar refractivity (Wildman–Crippen MR) is 77.2 cm³/mol. The highest BCUT2D eigenvalue weighted by Gasteiger charge is 2.03. The van der Waals surface area contributed by atoms with Gasteiger partial charge in [-0.15, -0.1) is 11.8 Å². The monoisotopic (exact) mass is 301 g/mol. The molecule has 16 heavy (non-hydrogen) atoms. The molecule has 0 saturated carbocycles. The van der Waals surface area contributed by atoms with Crippen LogP contribution in [-0.4, -0.2) is 12.8 Å². The van der Waals surface area contributed by atoms with Crippen molar-refractivity contribution in [2.24, 2.45) is 0 Å². The van der Waals surface area contributed by atoms with Gasteiger partial charge >= 0.3 is 0 Å². The lowest BCUT2D eigenvalue weighted by atomic mass is 10.2. The molecule has 0 saturated heterocycles. The zero-order chi connectivity index (χ0) is 11.8. The SMILES string of the molecule is CCCCCSc1ccc(Br)cc1CNC. The second kappa shape index (κ2) is 8.15. The third-order valence-corrected chi connectivity index (χ3v) is 4.09. The molecule has 1 N–H and O–H groups in total. The molecule has 0 unspecified atom stereocenters. The molecular weight excluding hydrogens is 282 g/mol. The fourth-order valence-electron chi connectivity index (χ4n) is 1.55. The zero-order valence-corrected chi connectivity index (χ0v) is 12.5. The summed E-state index contributed by atoms with van der Waals surface area (Å²) in [5.74, 6) is 1.23. The first kappa shape index (κ1) is 14.1. The minimum Gasteiger partial charge on any atom is -0.316 e. The average Bonchev–Trinajstić information content (AvgIpc) is 2.27. The first-order valence-electron chi connectivity index (χ1n) is 5.83. The van der Waals surface area contributed by atoms with E-state index in [0.717, 1.165) is 11.0 Å². The van der Waals surface area contributed by atoms with E-state index in [2.05, 4.69) is 46.4 Å². The molecule has 0 fully saturated rings. The highest BCUT2D eigenvalue weighted by atomic mass is 79.9. The Balaban J connectivity index is 2.56. The molecule has 0 amide bonds. The van der Waals surface area contributed by atoms with Crippen LogP contribution in [0.4, 0.5) is 0 Å². The summed E-state index contributed by atoms with van der Waals surface area (Å²) >= 11 is 5.50. The van der Waals surface area contributed by atoms with Crippen molar-refractivity contribution in [2.75, 3.05) is 12.8 Å². The van der Waals surface area contributed by atoms with Gasteiger partial charge in [0.15, 0.2) is 0 Å². The highest BCUT2D eigenvalue weighted by Crippen LogP contribution is 2.26. The van der Waals surface area contributed by atoms with Crippen LogP contribution in [0, 0.1) is 0 Å². The van der Waals surface area contributed by atoms with Crippen molar-refractivity contribution in [3.63, 3.8) is 0 Å². The van der Waals surface area contributed by atoms with Crippen molar-refractivity contribution in [1.82, 2.24) is 5.32 Å². The molecule has 0 aliphatic heterocycles. The first-order chi connectivity index (χ1) is 7.77. The number of benzene rings is 1. The molecule has 1 rings (SSSR count). The van der Waals surface area contributed by atoms with Crippen LogP contribution in [0.5, 0.6) is 0 Å². The molecule has 1 aromatic carbocycles. The van der Waals surface area contributed by atoms with Crippen LogP contribution in [0.3, 0.4) is 0 Å². The lowest BCUT2D eigenvalue weighted by Crippen LogP contribution is -2.06. The molecule has 0 bridgehead atoms. The molecule has 0 radical (unpaired) electrons. The maximum absolute atomic E-state index is 3.52. The van der Waals surface area contributed by atoms with Gasteiger partial charge in [0.25, 0.3) is 0 Å². The standard InChI is InChI=1S/C13H20BrNS/c1-3-4-5-8-16-13-7-6-12(14)9-11(13)10-15-2/h6-7,9,15H,3-5,8,10H2,1-2H3. The minimum absolute atomic E-state index is 0.940. The molecule has 0 atom stereocenters. The van der Waals surface area contributed by atoms with Gasteiger partial charge in [-0.25, -0.2) is 0 Å². The van der Waals surface area contributed by atoms with Gasteiger partial charge in [-0.2, -0.15) is 0 Å². The Bertz CT molecular complexity index is 315. The molecule has 0 aliphatic rings. The molecule has 1 aromatic rings. The number of hydrogen-bond acceptors (Lipinski definition) is 2. The van der Waals surface area contributed by atoms with Crippen molar-refractivity contribution in [1.29, 1.82) is 0 Å². The summed E-state index contributed by atoms with van der Waals surface area (Å²) in [5.41, 5.74) is 1.39. The molecule has 0 aliphatic carbocycles. The van der Waals surface area contributed by atoms with Gasteiger partial charge < -0.3 is 5.32 Å². The lowest BCUT2D eigenvalue weighted by Gasteiger charge is -2.09. The van der Waals surface area contributed by atoms with E-state index >= 15 is 0 Å². The molecule has 3 heteroatoms. The average molecular weight is 302 g/mol. The van der Waals surface area contributed by atoms with E-state index in [9.17, 15) is 0 Å². The number of rotatable bonds is 7. The van der Waals surface area contributed by atoms with Crippen LogP contribution < -0.4 is 5.32 Å². The fraction of sp³-hybridized carbons (Fsp3) is 0.538. The summed E-state index contributed by atoms with van der Waals surface area (Å²) in [7, 11) is 1.99. The molecule has 0 aromatic heterocycles. The van der Waals surface area contributed by atoms with Crippen LogP contribution >= 0.6 is 27.7 Å². The fourth-order valence-corrected chi connectivity index (χ4v) is 3.01. The summed E-state index contributed by atoms with van der Waals surface area (Å²) in [6, 6.07) is 6.55. The van der Waals surface area contributed by atoms with E-state index in [1.54, 1.807) is 0 Å². The molecule has 0 heterocycles. The lowest BCUT2D eigenvalue weighted by molar-refractivity contribution is 0.777. The van der Waals surface area contributed by atoms with E-state index in [4.69, 9.17) is 0 Å². The van der Waals surface area contributed by atoms with Gasteiger partial charge in [0.2, 0.25) is 0 Å². The minimum atomic E-state index is 0.940. The maximum Gasteiger partial charge on any atom is 0.0214 e. The topological polar surface area (TPSA) is 12.0 Å². The van der Waals surface area contributed by atoms with E-state index in [-0.39, 0.29) is 0 Å². The van der Waals surface area contributed by atoms with Crippen molar-refractivity contribution >= 4 is 27.7 Å². The van der Waals surface area contributed by atoms with E-state index in [1.807, 2.05) is 18.8 Å². The summed E-state index contributed by atoms with van der Waals surface area (Å²) in [5, 5.41) is 3.22. The van der Waals surface area contributed by atoms with Gasteiger partial charge in [-0.1, -0.05) is 35.7 Å². The Kier molecular flexibility index (Phi) is 7.17. The number of unbranched alkanes of at least 4 members (excludes halogenated alkanes) is 2. The van der Waals surface area contributed by atoms with Crippen LogP contribution in [-0.2, 0) is 6.54 Å². The van der Waals surface area contributed by atoms with Crippen molar-refractivity contribution in [3.05, 3.63) is 28.2 Å². The molecule has 0 spiro atoms. The number of thioether (sulfide) groups is 1. The van der Waals surface area contributed by atoms with E-state index in [1.165, 1.54) is 35.5 Å². The second-order valence-electron chi connectivity index (χ2n) is 3.84. The molecule has 90 valence electrons. The van der Waals surface area contributed by atoms with Crippen molar-refractivity contribution in [3.8, 4) is 0 Å². The predicted octanol–water partition coefficient (Wildman–Crippen LogP) is 4.45. The van der Waals surface area contributed by atoms with Crippen LogP contribution in [0.25, 0.3) is 0 Å². The van der Waals surface area contributed by atoms with Crippen LogP contribution in [0.15, 0.2) is 27.6 Å². The van der Waals surface area contributed by atoms with E-state index in [0.29, 0.717) is 0 Å². The largest absolute Gasteiger partial charge is 0.316 e. The Morgan fingerprint density at radius 2 is 2.12 bits per heavy atom. The van der Waals surface area contributed by atoms with Gasteiger partial charge in [-0.3, -0.25) is 0 Å². The molecule has 1 nitrogen and oxygen atoms in total. The second-order valence-corrected chi connectivity index (χ2v) is 5.89. The number of halogens is 1. The Morgan fingerprint density at radius 1 is 1.31 bits per heavy atom. The van der Waals surface area contributed by atoms with Gasteiger partial charge in [0, 0.05) is 15.9 Å². The van der Waals surface area contributed by atoms with Gasteiger partial charge in [-0.05, 0) is 43.0 Å². The van der Waals surface area contributed by atoms with E-state index < -0.39 is 0 Å². The summed E-state index contributed by atoms with van der Waals surface area (Å²) < 4.78 is 1.16. The third-order valence-electron chi connectivity index (χ3n) is 2.40. The van der Waals surface area contributed by atoms with Gasteiger partial charge in [0.1, 0.15) is 0 Å². The van der Waals surface area contributed by atoms with Crippen LogP contribution in [0.1, 0.15) is 31.7 Å². The zero-order valence-electron chi connectivity index (χ0n) is 10.1. The first-order valence-corrected chi connectivity index (χ1v) is 7.61. The van der Waals surface area contributed by atoms with Gasteiger partial charge in [0.05, 0.1) is 0 Å². The Morgan fingerprint density at radius 3 is 2.81 bits per heavy atom. The normalized spacial score (nSPS) is 10.7. The summed E-state index contributed by atoms with van der Waals surface area (Å²) in [6.07, 6.45) is 3.95. The maximum atomic E-state index is 3.52. The highest BCUT2D eigenvalue weighted by molar-refractivity contribution is 9.10. The Hall–Kier alpha value is 0.01000. The number of nitrogens with one attached hydrogen (secondary N) is 1. The third kappa shape index (κ3) is 4.89. The summed E-state index contributed by atoms with van der Waals surface area (Å²) in [6.45, 7) is 3.19. The Labute approximate surface area is 112 Å². The van der Waals surface area contributed by atoms with Crippen molar-refractivity contribution in [2.45, 2.75) is 37.6 Å². The number of hydrogen-bond donors (Lipinski definition) is 1. The molecular formula is C13H20BrNS.